The van der Waals surface area contributed by atoms with Crippen LogP contribution in [0.3, 0.4) is 0 Å². The molecule has 0 radical (unpaired) electrons. The van der Waals surface area contributed by atoms with Crippen LogP contribution in [0.4, 0.5) is 0 Å². The van der Waals surface area contributed by atoms with Crippen molar-refractivity contribution in [2.75, 3.05) is 47.0 Å². The molecule has 5 nitrogen and oxygen atoms in total. The number of nitrogens with zero attached hydrogens (tertiary/aromatic N) is 2. The molecule has 2 heterocycles. The maximum atomic E-state index is 6.10. The van der Waals surface area contributed by atoms with Gasteiger partial charge in [0.1, 0.15) is 0 Å². The lowest BCUT2D eigenvalue weighted by atomic mass is 9.89. The Morgan fingerprint density at radius 1 is 1.23 bits per heavy atom. The fraction of sp³-hybridized carbons (Fsp3) is 0.650. The van der Waals surface area contributed by atoms with Crippen molar-refractivity contribution in [1.29, 1.82) is 0 Å². The van der Waals surface area contributed by atoms with Crippen molar-refractivity contribution in [3.8, 4) is 0 Å². The maximum absolute atomic E-state index is 6.10. The number of rotatable bonds is 5. The average Bonchev–Trinajstić information content (AvgIpc) is 3.16. The molecule has 1 N–H and O–H groups in total. The molecule has 1 aromatic carbocycles. The van der Waals surface area contributed by atoms with Gasteiger partial charge in [-0.1, -0.05) is 30.3 Å². The van der Waals surface area contributed by atoms with Gasteiger partial charge < -0.3 is 19.7 Å². The van der Waals surface area contributed by atoms with Crippen molar-refractivity contribution in [1.82, 2.24) is 10.2 Å². The van der Waals surface area contributed by atoms with Crippen LogP contribution in [0, 0.1) is 11.8 Å². The molecule has 6 heteroatoms. The van der Waals surface area contributed by atoms with E-state index in [0.29, 0.717) is 11.8 Å². The smallest absolute Gasteiger partial charge is 0.193 e. The van der Waals surface area contributed by atoms with Crippen molar-refractivity contribution in [2.45, 2.75) is 25.4 Å². The van der Waals surface area contributed by atoms with E-state index in [1.165, 1.54) is 12.0 Å². The molecular weight excluding hydrogens is 441 g/mol. The third kappa shape index (κ3) is 5.82. The number of nitrogens with one attached hydrogen (secondary N) is 1. The summed E-state index contributed by atoms with van der Waals surface area (Å²) in [5.74, 6) is 2.04. The van der Waals surface area contributed by atoms with Gasteiger partial charge in [0.25, 0.3) is 0 Å². The first kappa shape index (κ1) is 21.4. The predicted molar refractivity (Wildman–Crippen MR) is 116 cm³/mol. The summed E-state index contributed by atoms with van der Waals surface area (Å²) in [6.45, 7) is 4.49. The summed E-state index contributed by atoms with van der Waals surface area (Å²) >= 11 is 0. The van der Waals surface area contributed by atoms with Gasteiger partial charge in [0.05, 0.1) is 12.7 Å². The van der Waals surface area contributed by atoms with E-state index in [2.05, 4.69) is 52.6 Å². The van der Waals surface area contributed by atoms with Crippen LogP contribution in [0.2, 0.25) is 0 Å². The number of benzene rings is 1. The second-order valence-electron chi connectivity index (χ2n) is 7.14. The van der Waals surface area contributed by atoms with Crippen LogP contribution in [0.1, 0.15) is 30.9 Å². The summed E-state index contributed by atoms with van der Waals surface area (Å²) in [6.07, 6.45) is 3.63. The van der Waals surface area contributed by atoms with E-state index in [9.17, 15) is 0 Å². The molecule has 3 atom stereocenters. The number of hydrogen-bond donors (Lipinski definition) is 1. The van der Waals surface area contributed by atoms with E-state index in [1.807, 2.05) is 7.05 Å². The molecule has 0 spiro atoms. The summed E-state index contributed by atoms with van der Waals surface area (Å²) in [5, 5.41) is 3.57. The quantitative estimate of drug-likeness (QED) is 0.405. The highest BCUT2D eigenvalue weighted by Crippen LogP contribution is 2.33. The maximum Gasteiger partial charge on any atom is 0.193 e. The third-order valence-electron chi connectivity index (χ3n) is 5.22. The van der Waals surface area contributed by atoms with Crippen molar-refractivity contribution in [3.63, 3.8) is 0 Å². The topological polar surface area (TPSA) is 46.1 Å². The molecule has 1 aromatic rings. The van der Waals surface area contributed by atoms with Gasteiger partial charge in [-0.15, -0.1) is 24.0 Å². The highest BCUT2D eigenvalue weighted by molar-refractivity contribution is 14.0. The largest absolute Gasteiger partial charge is 0.381 e. The Hall–Kier alpha value is -0.860. The number of aliphatic imine (C=N–C) groups is 1. The Labute approximate surface area is 174 Å². The lowest BCUT2D eigenvalue weighted by molar-refractivity contribution is -0.0266. The normalized spacial score (nSPS) is 26.2. The van der Waals surface area contributed by atoms with Crippen LogP contribution in [0.15, 0.2) is 35.3 Å². The number of hydrogen-bond acceptors (Lipinski definition) is 3. The zero-order valence-corrected chi connectivity index (χ0v) is 18.2. The van der Waals surface area contributed by atoms with E-state index in [-0.39, 0.29) is 30.1 Å². The van der Waals surface area contributed by atoms with Crippen LogP contribution in [-0.4, -0.2) is 57.9 Å². The predicted octanol–water partition coefficient (Wildman–Crippen LogP) is 3.32. The van der Waals surface area contributed by atoms with Crippen molar-refractivity contribution < 1.29 is 9.47 Å². The van der Waals surface area contributed by atoms with Crippen LogP contribution >= 0.6 is 24.0 Å². The second-order valence-corrected chi connectivity index (χ2v) is 7.14. The van der Waals surface area contributed by atoms with E-state index < -0.39 is 0 Å². The first-order chi connectivity index (χ1) is 12.3. The van der Waals surface area contributed by atoms with Gasteiger partial charge in [0.15, 0.2) is 5.96 Å². The number of ether oxygens (including phenoxy) is 2. The van der Waals surface area contributed by atoms with Gasteiger partial charge in [0, 0.05) is 52.2 Å². The third-order valence-corrected chi connectivity index (χ3v) is 5.22. The minimum Gasteiger partial charge on any atom is -0.381 e. The fourth-order valence-corrected chi connectivity index (χ4v) is 3.87. The van der Waals surface area contributed by atoms with Crippen LogP contribution in [0.25, 0.3) is 0 Å². The van der Waals surface area contributed by atoms with Crippen molar-refractivity contribution >= 4 is 29.9 Å². The van der Waals surface area contributed by atoms with Gasteiger partial charge in [0.2, 0.25) is 0 Å². The number of halogens is 1. The van der Waals surface area contributed by atoms with Gasteiger partial charge >= 0.3 is 0 Å². The molecule has 146 valence electrons. The summed E-state index contributed by atoms with van der Waals surface area (Å²) in [6, 6.07) is 10.6. The Morgan fingerprint density at radius 3 is 2.73 bits per heavy atom. The van der Waals surface area contributed by atoms with E-state index >= 15 is 0 Å². The molecule has 3 unspecified atom stereocenters. The van der Waals surface area contributed by atoms with Gasteiger partial charge in [-0.25, -0.2) is 0 Å². The summed E-state index contributed by atoms with van der Waals surface area (Å²) in [4.78, 5) is 6.68. The average molecular weight is 473 g/mol. The molecule has 2 aliphatic heterocycles. The SMILES string of the molecule is CN=C(NCC1CCCOC1c1ccccc1)N(C)CC1CCOC1.I. The second kappa shape index (κ2) is 11.1. The molecule has 0 amide bonds. The minimum atomic E-state index is 0. The summed E-state index contributed by atoms with van der Waals surface area (Å²) < 4.78 is 11.6. The highest BCUT2D eigenvalue weighted by atomic mass is 127. The fourth-order valence-electron chi connectivity index (χ4n) is 3.87. The van der Waals surface area contributed by atoms with Crippen LogP contribution in [0.5, 0.6) is 0 Å². The molecule has 0 bridgehead atoms. The summed E-state index contributed by atoms with van der Waals surface area (Å²) in [7, 11) is 3.97. The highest BCUT2D eigenvalue weighted by Gasteiger charge is 2.28. The lowest BCUT2D eigenvalue weighted by Crippen LogP contribution is -2.44. The zero-order valence-electron chi connectivity index (χ0n) is 15.9. The van der Waals surface area contributed by atoms with E-state index in [0.717, 1.165) is 51.7 Å². The Balaban J connectivity index is 0.00000243. The zero-order chi connectivity index (χ0) is 17.5. The van der Waals surface area contributed by atoms with Crippen LogP contribution in [-0.2, 0) is 9.47 Å². The Morgan fingerprint density at radius 2 is 2.04 bits per heavy atom. The molecule has 2 aliphatic rings. The van der Waals surface area contributed by atoms with Crippen LogP contribution < -0.4 is 5.32 Å². The molecule has 3 rings (SSSR count). The molecule has 26 heavy (non-hydrogen) atoms. The van der Waals surface area contributed by atoms with Gasteiger partial charge in [-0.3, -0.25) is 4.99 Å². The van der Waals surface area contributed by atoms with Crippen molar-refractivity contribution in [2.24, 2.45) is 16.8 Å². The Kier molecular flexibility index (Phi) is 9.15. The molecule has 0 saturated carbocycles. The number of guanidine groups is 1. The Bertz CT molecular complexity index is 549. The van der Waals surface area contributed by atoms with Gasteiger partial charge in [-0.05, 0) is 24.8 Å². The molecule has 0 aliphatic carbocycles. The van der Waals surface area contributed by atoms with Gasteiger partial charge in [-0.2, -0.15) is 0 Å². The first-order valence-corrected chi connectivity index (χ1v) is 9.44. The monoisotopic (exact) mass is 473 g/mol. The molecule has 2 saturated heterocycles. The minimum absolute atomic E-state index is 0. The molecule has 2 fully saturated rings. The standard InChI is InChI=1S/C20H31N3O2.HI/c1-21-20(23(2)14-16-10-12-24-15-16)22-13-18-9-6-11-25-19(18)17-7-4-3-5-8-17;/h3-5,7-8,16,18-19H,6,9-15H2,1-2H3,(H,21,22);1H. The lowest BCUT2D eigenvalue weighted by Gasteiger charge is -2.33. The van der Waals surface area contributed by atoms with E-state index in [4.69, 9.17) is 9.47 Å². The molecule has 0 aromatic heterocycles. The molecular formula is C20H32IN3O2. The van der Waals surface area contributed by atoms with Crippen molar-refractivity contribution in [3.05, 3.63) is 35.9 Å². The van der Waals surface area contributed by atoms with E-state index in [1.54, 1.807) is 0 Å². The first-order valence-electron chi connectivity index (χ1n) is 9.44. The summed E-state index contributed by atoms with van der Waals surface area (Å²) in [5.41, 5.74) is 1.28.